The standard InChI is InChI=1S/C23H32N2O/c26-23(12-5-1-2-6-13-23)22(18-25-16-14-24-15-17-25)21-11-7-9-19-8-3-4-10-20(19)21/h3-4,7-11,22,24,26H,1-2,5-6,12-18H2. The second-order valence-corrected chi connectivity index (χ2v) is 8.19. The molecule has 3 nitrogen and oxygen atoms in total. The summed E-state index contributed by atoms with van der Waals surface area (Å²) in [6, 6.07) is 15.3. The van der Waals surface area contributed by atoms with Gasteiger partial charge in [0, 0.05) is 38.6 Å². The number of hydrogen-bond acceptors (Lipinski definition) is 3. The highest BCUT2D eigenvalue weighted by Crippen LogP contribution is 2.41. The molecule has 1 atom stereocenters. The first-order valence-corrected chi connectivity index (χ1v) is 10.4. The molecule has 1 saturated carbocycles. The van der Waals surface area contributed by atoms with E-state index in [9.17, 15) is 5.11 Å². The fourth-order valence-electron chi connectivity index (χ4n) is 4.95. The van der Waals surface area contributed by atoms with Crippen LogP contribution in [0.1, 0.15) is 50.0 Å². The van der Waals surface area contributed by atoms with Gasteiger partial charge in [0.25, 0.3) is 0 Å². The highest BCUT2D eigenvalue weighted by atomic mass is 16.3. The third kappa shape index (κ3) is 3.80. The Balaban J connectivity index is 1.73. The minimum atomic E-state index is -0.578. The average Bonchev–Trinajstić information content (AvgIpc) is 2.92. The maximum absolute atomic E-state index is 11.8. The molecule has 1 saturated heterocycles. The van der Waals surface area contributed by atoms with E-state index in [0.717, 1.165) is 58.4 Å². The molecule has 1 aliphatic heterocycles. The van der Waals surface area contributed by atoms with Crippen molar-refractivity contribution >= 4 is 10.8 Å². The van der Waals surface area contributed by atoms with Crippen LogP contribution in [-0.4, -0.2) is 48.3 Å². The second-order valence-electron chi connectivity index (χ2n) is 8.19. The van der Waals surface area contributed by atoms with E-state index in [1.165, 1.54) is 29.2 Å². The van der Waals surface area contributed by atoms with Crippen LogP contribution in [-0.2, 0) is 0 Å². The van der Waals surface area contributed by atoms with Gasteiger partial charge in [0.2, 0.25) is 0 Å². The van der Waals surface area contributed by atoms with E-state index >= 15 is 0 Å². The fourth-order valence-corrected chi connectivity index (χ4v) is 4.95. The number of aliphatic hydroxyl groups is 1. The minimum absolute atomic E-state index is 0.185. The van der Waals surface area contributed by atoms with Gasteiger partial charge in [-0.2, -0.15) is 0 Å². The Bertz CT molecular complexity index is 710. The Kier molecular flexibility index (Phi) is 5.58. The van der Waals surface area contributed by atoms with Gasteiger partial charge in [-0.25, -0.2) is 0 Å². The number of benzene rings is 2. The van der Waals surface area contributed by atoms with Gasteiger partial charge in [-0.15, -0.1) is 0 Å². The Labute approximate surface area is 157 Å². The monoisotopic (exact) mass is 352 g/mol. The molecule has 2 aromatic carbocycles. The summed E-state index contributed by atoms with van der Waals surface area (Å²) in [5.41, 5.74) is 0.761. The summed E-state index contributed by atoms with van der Waals surface area (Å²) < 4.78 is 0. The molecule has 3 heteroatoms. The van der Waals surface area contributed by atoms with Crippen LogP contribution in [0.25, 0.3) is 10.8 Å². The molecule has 0 bridgehead atoms. The first-order valence-electron chi connectivity index (χ1n) is 10.4. The van der Waals surface area contributed by atoms with Crippen molar-refractivity contribution in [2.24, 2.45) is 0 Å². The molecule has 140 valence electrons. The second kappa shape index (κ2) is 8.08. The molecule has 26 heavy (non-hydrogen) atoms. The van der Waals surface area contributed by atoms with Crippen molar-refractivity contribution in [3.8, 4) is 0 Å². The highest BCUT2D eigenvalue weighted by Gasteiger charge is 2.39. The van der Waals surface area contributed by atoms with Gasteiger partial charge in [0.05, 0.1) is 5.60 Å². The van der Waals surface area contributed by atoms with Gasteiger partial charge in [-0.3, -0.25) is 0 Å². The van der Waals surface area contributed by atoms with Gasteiger partial charge in [-0.05, 0) is 29.2 Å². The van der Waals surface area contributed by atoms with Crippen LogP contribution in [0.3, 0.4) is 0 Å². The van der Waals surface area contributed by atoms with E-state index < -0.39 is 5.60 Å². The Morgan fingerprint density at radius 2 is 1.62 bits per heavy atom. The van der Waals surface area contributed by atoms with Crippen LogP contribution in [0, 0.1) is 0 Å². The lowest BCUT2D eigenvalue weighted by molar-refractivity contribution is -0.0140. The summed E-state index contributed by atoms with van der Waals surface area (Å²) in [5.74, 6) is 0.185. The summed E-state index contributed by atoms with van der Waals surface area (Å²) >= 11 is 0. The predicted octanol–water partition coefficient (Wildman–Crippen LogP) is 3.91. The molecule has 4 rings (SSSR count). The van der Waals surface area contributed by atoms with Crippen LogP contribution in [0.5, 0.6) is 0 Å². The van der Waals surface area contributed by atoms with Gasteiger partial charge in [0.15, 0.2) is 0 Å². The first kappa shape index (κ1) is 18.0. The molecule has 2 aromatic rings. The zero-order valence-electron chi connectivity index (χ0n) is 15.8. The van der Waals surface area contributed by atoms with Crippen molar-refractivity contribution in [3.05, 3.63) is 48.0 Å². The Morgan fingerprint density at radius 3 is 2.38 bits per heavy atom. The highest BCUT2D eigenvalue weighted by molar-refractivity contribution is 5.86. The molecule has 0 spiro atoms. The third-order valence-corrected chi connectivity index (χ3v) is 6.47. The predicted molar refractivity (Wildman–Crippen MR) is 109 cm³/mol. The van der Waals surface area contributed by atoms with Crippen molar-refractivity contribution in [1.29, 1.82) is 0 Å². The third-order valence-electron chi connectivity index (χ3n) is 6.47. The van der Waals surface area contributed by atoms with Gasteiger partial charge in [0.1, 0.15) is 0 Å². The maximum atomic E-state index is 11.8. The first-order chi connectivity index (χ1) is 12.8. The molecular formula is C23H32N2O. The van der Waals surface area contributed by atoms with Gasteiger partial charge >= 0.3 is 0 Å². The number of rotatable bonds is 4. The molecule has 0 amide bonds. The lowest BCUT2D eigenvalue weighted by atomic mass is 9.75. The molecule has 1 aliphatic carbocycles. The molecule has 2 N–H and O–H groups in total. The Morgan fingerprint density at radius 1 is 0.923 bits per heavy atom. The van der Waals surface area contributed by atoms with Crippen LogP contribution in [0.2, 0.25) is 0 Å². The van der Waals surface area contributed by atoms with Gasteiger partial charge < -0.3 is 15.3 Å². The van der Waals surface area contributed by atoms with Crippen LogP contribution in [0.4, 0.5) is 0 Å². The lowest BCUT2D eigenvalue weighted by Gasteiger charge is -2.40. The molecule has 1 unspecified atom stereocenters. The summed E-state index contributed by atoms with van der Waals surface area (Å²) in [5, 5.41) is 17.9. The maximum Gasteiger partial charge on any atom is 0.0728 e. The summed E-state index contributed by atoms with van der Waals surface area (Å²) in [4.78, 5) is 2.55. The topological polar surface area (TPSA) is 35.5 Å². The minimum Gasteiger partial charge on any atom is -0.389 e. The van der Waals surface area contributed by atoms with Crippen molar-refractivity contribution in [1.82, 2.24) is 10.2 Å². The number of hydrogen-bond donors (Lipinski definition) is 2. The number of nitrogens with one attached hydrogen (secondary N) is 1. The Hall–Kier alpha value is -1.42. The van der Waals surface area contributed by atoms with E-state index in [2.05, 4.69) is 52.7 Å². The number of nitrogens with zero attached hydrogens (tertiary/aromatic N) is 1. The molecule has 2 fully saturated rings. The number of piperazine rings is 1. The van der Waals surface area contributed by atoms with Crippen molar-refractivity contribution in [2.75, 3.05) is 32.7 Å². The normalized spacial score (nSPS) is 22.8. The van der Waals surface area contributed by atoms with E-state index in [1.807, 2.05) is 0 Å². The van der Waals surface area contributed by atoms with E-state index in [0.29, 0.717) is 0 Å². The van der Waals surface area contributed by atoms with E-state index in [1.54, 1.807) is 0 Å². The lowest BCUT2D eigenvalue weighted by Crippen LogP contribution is -2.49. The van der Waals surface area contributed by atoms with Crippen LogP contribution >= 0.6 is 0 Å². The zero-order chi connectivity index (χ0) is 17.8. The molecule has 1 heterocycles. The SMILES string of the molecule is OC1(C(CN2CCNCC2)c2cccc3ccccc23)CCCCCC1. The summed E-state index contributed by atoms with van der Waals surface area (Å²) in [7, 11) is 0. The van der Waals surface area contributed by atoms with Crippen LogP contribution < -0.4 is 5.32 Å². The smallest absolute Gasteiger partial charge is 0.0728 e. The molecule has 2 aliphatic rings. The van der Waals surface area contributed by atoms with Gasteiger partial charge in [-0.1, -0.05) is 68.1 Å². The largest absolute Gasteiger partial charge is 0.389 e. The quantitative estimate of drug-likeness (QED) is 0.819. The molecular weight excluding hydrogens is 320 g/mol. The molecule has 0 radical (unpaired) electrons. The van der Waals surface area contributed by atoms with Crippen molar-refractivity contribution < 1.29 is 5.11 Å². The van der Waals surface area contributed by atoms with Crippen molar-refractivity contribution in [3.63, 3.8) is 0 Å². The van der Waals surface area contributed by atoms with Crippen molar-refractivity contribution in [2.45, 2.75) is 50.0 Å². The van der Waals surface area contributed by atoms with Crippen LogP contribution in [0.15, 0.2) is 42.5 Å². The van der Waals surface area contributed by atoms with E-state index in [-0.39, 0.29) is 5.92 Å². The average molecular weight is 353 g/mol. The molecule has 0 aromatic heterocycles. The van der Waals surface area contributed by atoms with E-state index in [4.69, 9.17) is 0 Å². The summed E-state index contributed by atoms with van der Waals surface area (Å²) in [6.45, 7) is 5.24. The summed E-state index contributed by atoms with van der Waals surface area (Å²) in [6.07, 6.45) is 6.70. The number of fused-ring (bicyclic) bond motifs is 1. The fraction of sp³-hybridized carbons (Fsp3) is 0.565. The zero-order valence-corrected chi connectivity index (χ0v) is 15.8.